The maximum absolute atomic E-state index is 14.2. The number of hydrogen-bond acceptors (Lipinski definition) is 5. The summed E-state index contributed by atoms with van der Waals surface area (Å²) in [7, 11) is 0. The summed E-state index contributed by atoms with van der Waals surface area (Å²) in [6, 6.07) is 24.5. The van der Waals surface area contributed by atoms with Crippen molar-refractivity contribution in [1.82, 2.24) is 15.5 Å². The fraction of sp³-hybridized carbons (Fsp3) is 0.333. The van der Waals surface area contributed by atoms with Crippen LogP contribution in [0.15, 0.2) is 78.9 Å². The van der Waals surface area contributed by atoms with Crippen LogP contribution in [0.25, 0.3) is 0 Å². The van der Waals surface area contributed by atoms with Crippen LogP contribution in [0.2, 0.25) is 0 Å². The average molecular weight is 550 g/mol. The number of benzene rings is 3. The van der Waals surface area contributed by atoms with Crippen LogP contribution in [-0.2, 0) is 27.2 Å². The van der Waals surface area contributed by atoms with Crippen LogP contribution in [0.3, 0.4) is 0 Å². The molecular formula is C33H35N5O3. The molecule has 3 aromatic rings. The van der Waals surface area contributed by atoms with Crippen molar-refractivity contribution in [2.45, 2.75) is 62.7 Å². The van der Waals surface area contributed by atoms with Crippen LogP contribution >= 0.6 is 0 Å². The molecule has 0 radical (unpaired) electrons. The first-order chi connectivity index (χ1) is 19.8. The highest BCUT2D eigenvalue weighted by Gasteiger charge is 2.43. The number of nitriles is 1. The molecule has 5 atom stereocenters. The average Bonchev–Trinajstić information content (AvgIpc) is 3.62. The molecule has 210 valence electrons. The van der Waals surface area contributed by atoms with Crippen LogP contribution < -0.4 is 16.4 Å². The molecule has 1 aliphatic carbocycles. The third-order valence-electron chi connectivity index (χ3n) is 8.13. The minimum absolute atomic E-state index is 0.0292. The van der Waals surface area contributed by atoms with Gasteiger partial charge in [-0.25, -0.2) is 0 Å². The molecule has 0 aromatic heterocycles. The van der Waals surface area contributed by atoms with E-state index >= 15 is 0 Å². The van der Waals surface area contributed by atoms with Gasteiger partial charge >= 0.3 is 0 Å². The number of hydrogen-bond donors (Lipinski definition) is 3. The molecule has 5 rings (SSSR count). The monoisotopic (exact) mass is 549 g/mol. The number of carbonyl (C=O) groups is 3. The summed E-state index contributed by atoms with van der Waals surface area (Å²) in [5.41, 5.74) is 10.4. The summed E-state index contributed by atoms with van der Waals surface area (Å²) < 4.78 is 0. The first kappa shape index (κ1) is 28.1. The predicted octanol–water partition coefficient (Wildman–Crippen LogP) is 3.12. The molecule has 2 aliphatic rings. The lowest BCUT2D eigenvalue weighted by molar-refractivity contribution is -0.141. The van der Waals surface area contributed by atoms with Crippen LogP contribution in [0.4, 0.5) is 0 Å². The quantitative estimate of drug-likeness (QED) is 0.398. The lowest BCUT2D eigenvalue weighted by atomic mass is 9.96. The Morgan fingerprint density at radius 3 is 2.56 bits per heavy atom. The van der Waals surface area contributed by atoms with Gasteiger partial charge in [0.15, 0.2) is 0 Å². The highest BCUT2D eigenvalue weighted by Crippen LogP contribution is 2.35. The third kappa shape index (κ3) is 6.31. The van der Waals surface area contributed by atoms with E-state index in [0.29, 0.717) is 18.5 Å². The van der Waals surface area contributed by atoms with E-state index in [2.05, 4.69) is 22.8 Å². The van der Waals surface area contributed by atoms with Crippen molar-refractivity contribution in [3.05, 3.63) is 107 Å². The molecule has 1 heterocycles. The first-order valence-electron chi connectivity index (χ1n) is 14.1. The smallest absolute Gasteiger partial charge is 0.246 e. The van der Waals surface area contributed by atoms with Crippen LogP contribution in [0.1, 0.15) is 59.5 Å². The summed E-state index contributed by atoms with van der Waals surface area (Å²) in [4.78, 5) is 42.4. The number of nitrogens with one attached hydrogen (secondary N) is 2. The number of likely N-dealkylation sites (tertiary alicyclic amines) is 1. The standard InChI is InChI=1S/C33H35N5O3/c1-21(35)31(39)37-29(17-22-8-7-9-23(16-22)19-34)33(41)38-20-26(24-10-3-2-4-11-24)18-30(38)32(40)36-28-15-14-25-12-5-6-13-27(25)28/h2-13,16,21,26,28-30H,14-15,17-18,20,35H2,1H3,(H,36,40)(H,37,39). The van der Waals surface area contributed by atoms with E-state index in [0.717, 1.165) is 29.5 Å². The Bertz CT molecular complexity index is 1460. The molecular weight excluding hydrogens is 514 g/mol. The fourth-order valence-electron chi connectivity index (χ4n) is 5.98. The van der Waals surface area contributed by atoms with E-state index in [9.17, 15) is 19.6 Å². The minimum atomic E-state index is -0.945. The Kier molecular flexibility index (Phi) is 8.46. The summed E-state index contributed by atoms with van der Waals surface area (Å²) >= 11 is 0. The number of amides is 3. The number of aryl methyl sites for hydroxylation is 1. The number of nitrogens with zero attached hydrogens (tertiary/aromatic N) is 2. The van der Waals surface area contributed by atoms with Crippen molar-refractivity contribution in [2.75, 3.05) is 6.54 Å². The van der Waals surface area contributed by atoms with Crippen LogP contribution in [0.5, 0.6) is 0 Å². The zero-order chi connectivity index (χ0) is 28.9. The summed E-state index contributed by atoms with van der Waals surface area (Å²) in [6.45, 7) is 1.91. The second kappa shape index (κ2) is 12.4. The van der Waals surface area contributed by atoms with Crippen molar-refractivity contribution >= 4 is 17.7 Å². The fourth-order valence-corrected chi connectivity index (χ4v) is 5.98. The van der Waals surface area contributed by atoms with Gasteiger partial charge in [0.2, 0.25) is 17.7 Å². The molecule has 0 saturated carbocycles. The van der Waals surface area contributed by atoms with Gasteiger partial charge in [0.05, 0.1) is 23.7 Å². The molecule has 0 bridgehead atoms. The third-order valence-corrected chi connectivity index (χ3v) is 8.13. The van der Waals surface area contributed by atoms with Crippen molar-refractivity contribution in [3.8, 4) is 6.07 Å². The molecule has 4 N–H and O–H groups in total. The highest BCUT2D eigenvalue weighted by molar-refractivity contribution is 5.94. The SMILES string of the molecule is CC(N)C(=O)NC(Cc1cccc(C#N)c1)C(=O)N1CC(c2ccccc2)CC1C(=O)NC1CCc2ccccc21. The van der Waals surface area contributed by atoms with E-state index in [4.69, 9.17) is 5.73 Å². The molecule has 8 heteroatoms. The van der Waals surface area contributed by atoms with Gasteiger partial charge in [-0.3, -0.25) is 14.4 Å². The first-order valence-corrected chi connectivity index (χ1v) is 14.1. The highest BCUT2D eigenvalue weighted by atomic mass is 16.2. The molecule has 3 amide bonds. The molecule has 8 nitrogen and oxygen atoms in total. The molecule has 0 spiro atoms. The second-order valence-electron chi connectivity index (χ2n) is 11.0. The summed E-state index contributed by atoms with van der Waals surface area (Å²) in [5, 5.41) is 15.4. The van der Waals surface area contributed by atoms with Crippen LogP contribution in [-0.4, -0.2) is 47.3 Å². The Labute approximate surface area is 240 Å². The zero-order valence-electron chi connectivity index (χ0n) is 23.1. The minimum Gasteiger partial charge on any atom is -0.347 e. The summed E-state index contributed by atoms with van der Waals surface area (Å²) in [6.07, 6.45) is 2.36. The zero-order valence-corrected chi connectivity index (χ0v) is 23.1. The normalized spacial score (nSPS) is 20.9. The summed E-state index contributed by atoms with van der Waals surface area (Å²) in [5.74, 6) is -1.02. The topological polar surface area (TPSA) is 128 Å². The van der Waals surface area contributed by atoms with Gasteiger partial charge in [0.1, 0.15) is 12.1 Å². The molecule has 3 aromatic carbocycles. The Morgan fingerprint density at radius 1 is 1.05 bits per heavy atom. The van der Waals surface area contributed by atoms with Crippen molar-refractivity contribution in [1.29, 1.82) is 5.26 Å². The Morgan fingerprint density at radius 2 is 1.80 bits per heavy atom. The second-order valence-corrected chi connectivity index (χ2v) is 11.0. The molecule has 41 heavy (non-hydrogen) atoms. The maximum atomic E-state index is 14.2. The van der Waals surface area contributed by atoms with E-state index in [1.54, 1.807) is 30.0 Å². The van der Waals surface area contributed by atoms with Gasteiger partial charge < -0.3 is 21.3 Å². The Balaban J connectivity index is 1.43. The van der Waals surface area contributed by atoms with Crippen LogP contribution in [0, 0.1) is 11.3 Å². The number of nitrogens with two attached hydrogens (primary N) is 1. The van der Waals surface area contributed by atoms with E-state index in [-0.39, 0.29) is 30.2 Å². The van der Waals surface area contributed by atoms with E-state index < -0.39 is 24.0 Å². The maximum Gasteiger partial charge on any atom is 0.246 e. The van der Waals surface area contributed by atoms with Gasteiger partial charge in [-0.2, -0.15) is 5.26 Å². The lowest BCUT2D eigenvalue weighted by Gasteiger charge is -2.30. The molecule has 1 fully saturated rings. The number of carbonyl (C=O) groups excluding carboxylic acids is 3. The van der Waals surface area contributed by atoms with Crippen molar-refractivity contribution in [2.24, 2.45) is 5.73 Å². The van der Waals surface area contributed by atoms with Gasteiger partial charge in [0, 0.05) is 18.9 Å². The van der Waals surface area contributed by atoms with Gasteiger partial charge in [-0.15, -0.1) is 0 Å². The molecule has 1 aliphatic heterocycles. The largest absolute Gasteiger partial charge is 0.347 e. The van der Waals surface area contributed by atoms with Crippen molar-refractivity contribution in [3.63, 3.8) is 0 Å². The van der Waals surface area contributed by atoms with Gasteiger partial charge in [-0.05, 0) is 60.6 Å². The van der Waals surface area contributed by atoms with Gasteiger partial charge in [-0.1, -0.05) is 66.7 Å². The number of rotatable bonds is 8. The van der Waals surface area contributed by atoms with Crippen molar-refractivity contribution < 1.29 is 14.4 Å². The Hall–Kier alpha value is -4.48. The van der Waals surface area contributed by atoms with E-state index in [1.807, 2.05) is 54.6 Å². The molecule has 1 saturated heterocycles. The molecule has 5 unspecified atom stereocenters. The number of fused-ring (bicyclic) bond motifs is 1. The lowest BCUT2D eigenvalue weighted by Crippen LogP contribution is -2.56. The van der Waals surface area contributed by atoms with E-state index in [1.165, 1.54) is 5.56 Å². The van der Waals surface area contributed by atoms with Gasteiger partial charge in [0.25, 0.3) is 0 Å². The predicted molar refractivity (Wildman–Crippen MR) is 155 cm³/mol.